The Morgan fingerprint density at radius 1 is 0.609 bits per heavy atom. The largest absolute Gasteiger partial charge is 0.465 e. The molecular formula is C38H35BrN2O5. The Kier molecular flexibility index (Phi) is 11.1. The number of carbonyl (C=O) groups excluding carboxylic acids is 3. The van der Waals surface area contributed by atoms with Gasteiger partial charge in [0.05, 0.1) is 31.0 Å². The summed E-state index contributed by atoms with van der Waals surface area (Å²) in [5.74, 6) is -1.19. The Morgan fingerprint density at radius 3 is 1.65 bits per heavy atom. The molecule has 5 aromatic carbocycles. The SMILES string of the molecule is COC(=O)c1cc(C)c(-c2ccccc2)cc1N.COC(=O)c1cc(C)c(-c2ccccc2)cc1NC(=O)c1cc(Br)ccc1C. The molecule has 5 rings (SSSR count). The highest BCUT2D eigenvalue weighted by atomic mass is 79.9. The average Bonchev–Trinajstić information content (AvgIpc) is 3.07. The van der Waals surface area contributed by atoms with Gasteiger partial charge >= 0.3 is 11.9 Å². The highest BCUT2D eigenvalue weighted by Crippen LogP contribution is 2.31. The van der Waals surface area contributed by atoms with Crippen molar-refractivity contribution in [2.45, 2.75) is 20.8 Å². The number of benzene rings is 5. The third-order valence-electron chi connectivity index (χ3n) is 7.43. The van der Waals surface area contributed by atoms with Crippen molar-refractivity contribution in [3.05, 3.63) is 141 Å². The van der Waals surface area contributed by atoms with Gasteiger partial charge in [-0.05, 0) is 96.1 Å². The molecule has 0 unspecified atom stereocenters. The zero-order valence-corrected chi connectivity index (χ0v) is 27.9. The molecule has 0 saturated heterocycles. The molecule has 0 spiro atoms. The summed E-state index contributed by atoms with van der Waals surface area (Å²) in [5, 5.41) is 2.89. The van der Waals surface area contributed by atoms with Crippen LogP contribution in [0.1, 0.15) is 47.8 Å². The molecule has 0 aromatic heterocycles. The first-order valence-electron chi connectivity index (χ1n) is 14.4. The van der Waals surface area contributed by atoms with Crippen molar-refractivity contribution in [3.63, 3.8) is 0 Å². The lowest BCUT2D eigenvalue weighted by molar-refractivity contribution is 0.0593. The van der Waals surface area contributed by atoms with Crippen LogP contribution < -0.4 is 11.1 Å². The van der Waals surface area contributed by atoms with E-state index in [0.717, 1.165) is 43.4 Å². The molecule has 0 bridgehead atoms. The number of methoxy groups -OCH3 is 2. The van der Waals surface area contributed by atoms with Crippen molar-refractivity contribution in [1.29, 1.82) is 0 Å². The van der Waals surface area contributed by atoms with Crippen LogP contribution in [0.25, 0.3) is 22.3 Å². The smallest absolute Gasteiger partial charge is 0.339 e. The van der Waals surface area contributed by atoms with Crippen LogP contribution in [0.2, 0.25) is 0 Å². The fourth-order valence-corrected chi connectivity index (χ4v) is 5.35. The highest BCUT2D eigenvalue weighted by molar-refractivity contribution is 9.10. The summed E-state index contributed by atoms with van der Waals surface area (Å²) < 4.78 is 10.4. The van der Waals surface area contributed by atoms with Crippen molar-refractivity contribution < 1.29 is 23.9 Å². The van der Waals surface area contributed by atoms with Crippen LogP contribution >= 0.6 is 15.9 Å². The van der Waals surface area contributed by atoms with Gasteiger partial charge in [0.2, 0.25) is 0 Å². The molecule has 0 atom stereocenters. The average molecular weight is 680 g/mol. The van der Waals surface area contributed by atoms with Crippen molar-refractivity contribution in [1.82, 2.24) is 0 Å². The maximum Gasteiger partial charge on any atom is 0.339 e. The molecule has 5 aromatic rings. The number of anilines is 2. The van der Waals surface area contributed by atoms with Crippen LogP contribution in [-0.4, -0.2) is 32.1 Å². The molecule has 1 amide bonds. The summed E-state index contributed by atoms with van der Waals surface area (Å²) in [6, 6.07) is 32.4. The predicted octanol–water partition coefficient (Wildman–Crippen LogP) is 8.80. The number of amides is 1. The second-order valence-corrected chi connectivity index (χ2v) is 11.5. The molecule has 7 nitrogen and oxygen atoms in total. The van der Waals surface area contributed by atoms with Crippen LogP contribution in [0.3, 0.4) is 0 Å². The lowest BCUT2D eigenvalue weighted by Gasteiger charge is -2.15. The van der Waals surface area contributed by atoms with Crippen LogP contribution in [0.4, 0.5) is 11.4 Å². The third-order valence-corrected chi connectivity index (χ3v) is 7.93. The molecule has 234 valence electrons. The molecule has 0 aliphatic rings. The molecule has 0 aliphatic heterocycles. The molecule has 0 saturated carbocycles. The van der Waals surface area contributed by atoms with Crippen molar-refractivity contribution >= 4 is 45.2 Å². The number of aryl methyl sites for hydroxylation is 3. The van der Waals surface area contributed by atoms with Gasteiger partial charge in [-0.15, -0.1) is 0 Å². The van der Waals surface area contributed by atoms with Crippen molar-refractivity contribution in [2.75, 3.05) is 25.3 Å². The molecule has 0 aliphatic carbocycles. The number of rotatable bonds is 6. The molecule has 0 heterocycles. The van der Waals surface area contributed by atoms with E-state index in [1.165, 1.54) is 14.2 Å². The van der Waals surface area contributed by atoms with Gasteiger partial charge in [-0.1, -0.05) is 82.7 Å². The first kappa shape index (κ1) is 33.7. The normalized spacial score (nSPS) is 10.3. The Balaban J connectivity index is 0.000000230. The van der Waals surface area contributed by atoms with Crippen LogP contribution in [0, 0.1) is 20.8 Å². The summed E-state index contributed by atoms with van der Waals surface area (Å²) in [6.07, 6.45) is 0. The van der Waals surface area contributed by atoms with Crippen LogP contribution in [0.15, 0.2) is 108 Å². The molecule has 46 heavy (non-hydrogen) atoms. The monoisotopic (exact) mass is 678 g/mol. The molecular weight excluding hydrogens is 644 g/mol. The fraction of sp³-hybridized carbons (Fsp3) is 0.132. The number of hydrogen-bond donors (Lipinski definition) is 2. The standard InChI is InChI=1S/C23H20BrNO3.C15H15NO2/c1-14-9-10-17(24)12-19(14)22(26)25-21-13-18(16-7-5-4-6-8-16)15(2)11-20(21)23(27)28-3;1-10-8-13(15(17)18-2)14(16)9-12(10)11-6-4-3-5-7-11/h4-13H,1-3H3,(H,25,26);3-9H,16H2,1-2H3. The molecule has 0 fully saturated rings. The number of nitrogens with one attached hydrogen (secondary N) is 1. The van der Waals surface area contributed by atoms with Crippen LogP contribution in [-0.2, 0) is 9.47 Å². The minimum absolute atomic E-state index is 0.285. The van der Waals surface area contributed by atoms with Gasteiger partial charge in [0.25, 0.3) is 5.91 Å². The van der Waals surface area contributed by atoms with E-state index in [1.807, 2.05) is 106 Å². The zero-order valence-electron chi connectivity index (χ0n) is 26.3. The number of halogens is 1. The lowest BCUT2D eigenvalue weighted by atomic mass is 9.96. The number of ether oxygens (including phenoxy) is 2. The molecule has 8 heteroatoms. The van der Waals surface area contributed by atoms with Crippen LogP contribution in [0.5, 0.6) is 0 Å². The summed E-state index contributed by atoms with van der Waals surface area (Å²) in [5.41, 5.74) is 14.8. The summed E-state index contributed by atoms with van der Waals surface area (Å²) in [7, 11) is 2.68. The van der Waals surface area contributed by atoms with Gasteiger partial charge in [-0.3, -0.25) is 4.79 Å². The minimum atomic E-state index is -0.496. The summed E-state index contributed by atoms with van der Waals surface area (Å²) in [6.45, 7) is 5.75. The summed E-state index contributed by atoms with van der Waals surface area (Å²) in [4.78, 5) is 36.7. The van der Waals surface area contributed by atoms with E-state index < -0.39 is 11.9 Å². The Hall–Kier alpha value is -5.21. The fourth-order valence-electron chi connectivity index (χ4n) is 4.99. The number of nitrogen functional groups attached to an aromatic ring is 1. The second kappa shape index (κ2) is 15.2. The maximum absolute atomic E-state index is 12.9. The first-order chi connectivity index (χ1) is 22.0. The van der Waals surface area contributed by atoms with Crippen molar-refractivity contribution in [3.8, 4) is 22.3 Å². The van der Waals surface area contributed by atoms with Gasteiger partial charge in [-0.2, -0.15) is 0 Å². The van der Waals surface area contributed by atoms with Gasteiger partial charge in [0.1, 0.15) is 0 Å². The first-order valence-corrected chi connectivity index (χ1v) is 15.2. The Morgan fingerprint density at radius 2 is 1.11 bits per heavy atom. The van der Waals surface area contributed by atoms with Crippen molar-refractivity contribution in [2.24, 2.45) is 0 Å². The molecule has 3 N–H and O–H groups in total. The number of carbonyl (C=O) groups is 3. The van der Waals surface area contributed by atoms with E-state index in [4.69, 9.17) is 15.2 Å². The highest BCUT2D eigenvalue weighted by Gasteiger charge is 2.19. The van der Waals surface area contributed by atoms with E-state index in [9.17, 15) is 14.4 Å². The van der Waals surface area contributed by atoms with E-state index in [0.29, 0.717) is 28.1 Å². The number of nitrogens with two attached hydrogens (primary N) is 1. The van der Waals surface area contributed by atoms with Gasteiger partial charge in [0.15, 0.2) is 0 Å². The van der Waals surface area contributed by atoms with E-state index in [1.54, 1.807) is 18.2 Å². The number of esters is 2. The van der Waals surface area contributed by atoms with Gasteiger partial charge in [0, 0.05) is 15.7 Å². The van der Waals surface area contributed by atoms with Gasteiger partial charge in [-0.25, -0.2) is 9.59 Å². The lowest BCUT2D eigenvalue weighted by Crippen LogP contribution is -2.17. The third kappa shape index (κ3) is 7.89. The summed E-state index contributed by atoms with van der Waals surface area (Å²) >= 11 is 3.40. The number of hydrogen-bond acceptors (Lipinski definition) is 6. The van der Waals surface area contributed by atoms with E-state index in [2.05, 4.69) is 21.2 Å². The maximum atomic E-state index is 12.9. The molecule has 0 radical (unpaired) electrons. The second-order valence-electron chi connectivity index (χ2n) is 10.6. The Bertz CT molecular complexity index is 1890. The minimum Gasteiger partial charge on any atom is -0.465 e. The van der Waals surface area contributed by atoms with Gasteiger partial charge < -0.3 is 20.5 Å². The van der Waals surface area contributed by atoms with E-state index >= 15 is 0 Å². The Labute approximate surface area is 277 Å². The quantitative estimate of drug-likeness (QED) is 0.137. The predicted molar refractivity (Wildman–Crippen MR) is 187 cm³/mol. The van der Waals surface area contributed by atoms with E-state index in [-0.39, 0.29) is 5.91 Å². The zero-order chi connectivity index (χ0) is 33.4. The topological polar surface area (TPSA) is 108 Å².